The molecule has 12 heteroatoms. The van der Waals surface area contributed by atoms with Gasteiger partial charge in [-0.2, -0.15) is 0 Å². The number of aliphatic hydroxyl groups is 1. The van der Waals surface area contributed by atoms with E-state index in [0.717, 1.165) is 5.56 Å². The molecule has 3 N–H and O–H groups in total. The monoisotopic (exact) mass is 556 g/mol. The molecule has 1 aromatic carbocycles. The van der Waals surface area contributed by atoms with Gasteiger partial charge in [0.25, 0.3) is 0 Å². The zero-order chi connectivity index (χ0) is 28.9. The lowest BCUT2D eigenvalue weighted by Gasteiger charge is -2.38. The first kappa shape index (κ1) is 33.5. The zero-order valence-electron chi connectivity index (χ0n) is 23.8. The van der Waals surface area contributed by atoms with Crippen LogP contribution in [0.25, 0.3) is 0 Å². The van der Waals surface area contributed by atoms with Crippen LogP contribution in [0.5, 0.6) is 0 Å². The van der Waals surface area contributed by atoms with Gasteiger partial charge in [-0.1, -0.05) is 63.3 Å². The Balaban J connectivity index is 2.86. The molecule has 0 saturated carbocycles. The molecule has 38 heavy (non-hydrogen) atoms. The van der Waals surface area contributed by atoms with E-state index in [1.165, 1.54) is 26.5 Å². The molecule has 0 bridgehead atoms. The van der Waals surface area contributed by atoms with E-state index >= 15 is 0 Å². The molecule has 1 aromatic rings. The van der Waals surface area contributed by atoms with Crippen molar-refractivity contribution < 1.29 is 43.2 Å². The third-order valence-electron chi connectivity index (χ3n) is 6.82. The number of amides is 2. The lowest BCUT2D eigenvalue weighted by atomic mass is 10.2. The third kappa shape index (κ3) is 9.99. The number of carbonyl (C=O) groups excluding carboxylic acids is 3. The molecule has 0 saturated heterocycles. The molecule has 0 spiro atoms. The molecule has 1 rings (SSSR count). The number of methoxy groups -OCH3 is 3. The average Bonchev–Trinajstić information content (AvgIpc) is 2.87. The summed E-state index contributed by atoms with van der Waals surface area (Å²) < 4.78 is 25.7. The van der Waals surface area contributed by atoms with E-state index < -0.39 is 44.4 Å². The number of hydrogen-bond donors (Lipinski definition) is 3. The first-order valence-electron chi connectivity index (χ1n) is 12.5. The zero-order valence-corrected chi connectivity index (χ0v) is 24.8. The van der Waals surface area contributed by atoms with E-state index in [-0.39, 0.29) is 37.9 Å². The van der Waals surface area contributed by atoms with Crippen LogP contribution in [0, 0.1) is 0 Å². The predicted molar refractivity (Wildman–Crippen MR) is 145 cm³/mol. The number of benzene rings is 1. The van der Waals surface area contributed by atoms with Crippen LogP contribution in [0.15, 0.2) is 24.3 Å². The largest absolute Gasteiger partial charge is 0.467 e. The van der Waals surface area contributed by atoms with Crippen LogP contribution in [0.4, 0.5) is 4.79 Å². The van der Waals surface area contributed by atoms with Crippen LogP contribution in [0.3, 0.4) is 0 Å². The van der Waals surface area contributed by atoms with E-state index in [0.29, 0.717) is 0 Å². The SMILES string of the molecule is COC(=O)[C@H](COCC(OC)OC)NC(=O)[C@H](CCO)NC(=O)OCc1ccccc1[Si](C)(C)C(C)(C)C. The second-order valence-corrected chi connectivity index (χ2v) is 15.6. The van der Waals surface area contributed by atoms with Crippen molar-refractivity contribution in [2.24, 2.45) is 0 Å². The summed E-state index contributed by atoms with van der Waals surface area (Å²) in [6, 6.07) is 5.57. The Labute approximate surface area is 226 Å². The highest BCUT2D eigenvalue weighted by molar-refractivity contribution is 6.92. The summed E-state index contributed by atoms with van der Waals surface area (Å²) in [4.78, 5) is 37.7. The van der Waals surface area contributed by atoms with Gasteiger partial charge in [0.15, 0.2) is 12.3 Å². The Bertz CT molecular complexity index is 901. The number of ether oxygens (including phenoxy) is 5. The van der Waals surface area contributed by atoms with Crippen LogP contribution in [0.2, 0.25) is 18.1 Å². The normalized spacial score (nSPS) is 13.5. The number of alkyl carbamates (subject to hydrolysis) is 1. The number of rotatable bonds is 15. The molecule has 0 fully saturated rings. The third-order valence-corrected chi connectivity index (χ3v) is 12.4. The molecule has 0 aliphatic heterocycles. The minimum Gasteiger partial charge on any atom is -0.467 e. The quantitative estimate of drug-likeness (QED) is 0.167. The van der Waals surface area contributed by atoms with E-state index in [1.807, 2.05) is 18.2 Å². The van der Waals surface area contributed by atoms with Crippen molar-refractivity contribution in [1.82, 2.24) is 10.6 Å². The summed E-state index contributed by atoms with van der Waals surface area (Å²) in [5, 5.41) is 15.7. The predicted octanol–water partition coefficient (Wildman–Crippen LogP) is 1.67. The number of aliphatic hydroxyl groups excluding tert-OH is 1. The first-order chi connectivity index (χ1) is 17.8. The molecule has 0 aliphatic rings. The average molecular weight is 557 g/mol. The maximum absolute atomic E-state index is 12.9. The Kier molecular flexibility index (Phi) is 13.9. The van der Waals surface area contributed by atoms with E-state index in [4.69, 9.17) is 23.7 Å². The van der Waals surface area contributed by atoms with Crippen LogP contribution in [-0.2, 0) is 39.9 Å². The number of hydrogen-bond acceptors (Lipinski definition) is 9. The Hall–Kier alpha value is -2.51. The smallest absolute Gasteiger partial charge is 0.408 e. The van der Waals surface area contributed by atoms with Gasteiger partial charge in [-0.3, -0.25) is 4.79 Å². The Morgan fingerprint density at radius 1 is 0.974 bits per heavy atom. The molecule has 216 valence electrons. The van der Waals surface area contributed by atoms with Gasteiger partial charge in [0, 0.05) is 20.8 Å². The van der Waals surface area contributed by atoms with E-state index in [2.05, 4.69) is 50.6 Å². The van der Waals surface area contributed by atoms with Crippen molar-refractivity contribution in [3.8, 4) is 0 Å². The van der Waals surface area contributed by atoms with Crippen LogP contribution < -0.4 is 15.8 Å². The second kappa shape index (κ2) is 15.8. The summed E-state index contributed by atoms with van der Waals surface area (Å²) >= 11 is 0. The van der Waals surface area contributed by atoms with Gasteiger partial charge >= 0.3 is 12.1 Å². The molecule has 0 heterocycles. The fraction of sp³-hybridized carbons (Fsp3) is 0.654. The van der Waals surface area contributed by atoms with Gasteiger partial charge in [-0.25, -0.2) is 9.59 Å². The molecular weight excluding hydrogens is 512 g/mol. The van der Waals surface area contributed by atoms with E-state index in [9.17, 15) is 19.5 Å². The molecular formula is C26H44N2O9Si. The topological polar surface area (TPSA) is 142 Å². The van der Waals surface area contributed by atoms with E-state index in [1.54, 1.807) is 0 Å². The van der Waals surface area contributed by atoms with Gasteiger partial charge in [0.1, 0.15) is 12.6 Å². The number of nitrogens with one attached hydrogen (secondary N) is 2. The summed E-state index contributed by atoms with van der Waals surface area (Å²) in [6.07, 6.45) is -1.56. The summed E-state index contributed by atoms with van der Waals surface area (Å²) in [7, 11) is 2.16. The summed E-state index contributed by atoms with van der Waals surface area (Å²) in [6.45, 7) is 10.6. The second-order valence-electron chi connectivity index (χ2n) is 10.3. The highest BCUT2D eigenvalue weighted by atomic mass is 28.3. The van der Waals surface area contributed by atoms with Crippen molar-refractivity contribution in [1.29, 1.82) is 0 Å². The maximum Gasteiger partial charge on any atom is 0.408 e. The van der Waals surface area contributed by atoms with Crippen LogP contribution >= 0.6 is 0 Å². The van der Waals surface area contributed by atoms with Gasteiger partial charge in [-0.05, 0) is 17.0 Å². The molecule has 11 nitrogen and oxygen atoms in total. The molecule has 0 aliphatic carbocycles. The maximum atomic E-state index is 12.9. The standard InChI is InChI=1S/C26H44N2O9Si/c1-26(2,3)38(7,8)21-12-10-9-11-18(21)15-37-25(32)28-19(13-14-29)23(30)27-20(24(31)35-6)16-36-17-22(33-4)34-5/h9-12,19-20,22,29H,13-17H2,1-8H3,(H,27,30)(H,28,32)/t19-,20-/m0/s1. The van der Waals surface area contributed by atoms with Crippen molar-refractivity contribution in [2.45, 2.75) is 70.3 Å². The Morgan fingerprint density at radius 2 is 1.61 bits per heavy atom. The van der Waals surface area contributed by atoms with Crippen molar-refractivity contribution in [3.63, 3.8) is 0 Å². The molecule has 0 radical (unpaired) electrons. The fourth-order valence-corrected chi connectivity index (χ4v) is 5.76. The number of carbonyl (C=O) groups is 3. The molecule has 0 aromatic heterocycles. The van der Waals surface area contributed by atoms with Gasteiger partial charge in [0.2, 0.25) is 5.91 Å². The van der Waals surface area contributed by atoms with Crippen molar-refractivity contribution in [3.05, 3.63) is 29.8 Å². The Morgan fingerprint density at radius 3 is 2.16 bits per heavy atom. The van der Waals surface area contributed by atoms with Crippen LogP contribution in [-0.4, -0.2) is 90.7 Å². The first-order valence-corrected chi connectivity index (χ1v) is 15.5. The highest BCUT2D eigenvalue weighted by Gasteiger charge is 2.38. The lowest BCUT2D eigenvalue weighted by Crippen LogP contribution is -2.53. The minimum absolute atomic E-state index is 0.0113. The minimum atomic E-state index is -1.90. The molecule has 0 unspecified atom stereocenters. The lowest BCUT2D eigenvalue weighted by molar-refractivity contribution is -0.155. The fourth-order valence-electron chi connectivity index (χ4n) is 3.48. The summed E-state index contributed by atoms with van der Waals surface area (Å²) in [5.41, 5.74) is 0.908. The van der Waals surface area contributed by atoms with Crippen LogP contribution in [0.1, 0.15) is 32.8 Å². The van der Waals surface area contributed by atoms with Gasteiger partial charge < -0.3 is 39.4 Å². The van der Waals surface area contributed by atoms with Crippen molar-refractivity contribution in [2.75, 3.05) is 41.2 Å². The summed E-state index contributed by atoms with van der Waals surface area (Å²) in [5.74, 6) is -1.44. The van der Waals surface area contributed by atoms with Crippen molar-refractivity contribution >= 4 is 31.2 Å². The highest BCUT2D eigenvalue weighted by Crippen LogP contribution is 2.36. The number of esters is 1. The molecule has 2 amide bonds. The van der Waals surface area contributed by atoms with Gasteiger partial charge in [-0.15, -0.1) is 0 Å². The van der Waals surface area contributed by atoms with Gasteiger partial charge in [0.05, 0.1) is 28.4 Å². The molecule has 2 atom stereocenters.